The molecule has 8 bridgehead atoms. The lowest BCUT2D eigenvalue weighted by Gasteiger charge is -2.01. The fourth-order valence-corrected chi connectivity index (χ4v) is 5.93. The quantitative estimate of drug-likeness (QED) is 0.172. The van der Waals surface area contributed by atoms with Gasteiger partial charge in [0.2, 0.25) is 0 Å². The van der Waals surface area contributed by atoms with Crippen molar-refractivity contribution in [1.82, 2.24) is 19.9 Å². The molecule has 4 aromatic rings. The second-order valence-electron chi connectivity index (χ2n) is 10.9. The summed E-state index contributed by atoms with van der Waals surface area (Å²) in [5.74, 6) is -1.73. The highest BCUT2D eigenvalue weighted by molar-refractivity contribution is 5.73. The number of aromatic amines is 4. The number of nitrogens with one attached hydrogen (secondary N) is 4. The molecule has 0 fully saturated rings. The van der Waals surface area contributed by atoms with Crippen LogP contribution in [0.5, 0.6) is 0 Å². The van der Waals surface area contributed by atoms with Gasteiger partial charge in [0, 0.05) is 68.1 Å². The molecule has 0 amide bonds. The molecule has 0 aliphatic carbocycles. The summed E-state index contributed by atoms with van der Waals surface area (Å²) in [5, 5.41) is 22.4. The number of carboxylic acid groups (broad SMARTS) is 2. The fourth-order valence-electron chi connectivity index (χ4n) is 5.93. The van der Waals surface area contributed by atoms with Gasteiger partial charge in [-0.3, -0.25) is 9.59 Å². The van der Waals surface area contributed by atoms with Crippen molar-refractivity contribution in [2.24, 2.45) is 0 Å². The number of fused-ring (bicyclic) bond motifs is 8. The molecule has 0 unspecified atom stereocenters. The van der Waals surface area contributed by atoms with E-state index in [9.17, 15) is 19.8 Å². The zero-order chi connectivity index (χ0) is 30.3. The highest BCUT2D eigenvalue weighted by Gasteiger charge is 2.17. The van der Waals surface area contributed by atoms with Crippen LogP contribution in [0.3, 0.4) is 0 Å². The number of H-pyrrole nitrogens is 4. The summed E-state index contributed by atoms with van der Waals surface area (Å²) in [7, 11) is 0. The maximum atomic E-state index is 11.5. The smallest absolute Gasteiger partial charge is 0.303 e. The third kappa shape index (κ3) is 5.11. The molecule has 1 aliphatic heterocycles. The molecule has 8 heteroatoms. The molecule has 8 nitrogen and oxygen atoms in total. The van der Waals surface area contributed by atoms with Crippen molar-refractivity contribution in [2.45, 2.75) is 53.4 Å². The Morgan fingerprint density at radius 2 is 1.10 bits per heavy atom. The lowest BCUT2D eigenvalue weighted by Crippen LogP contribution is -2.14. The first-order chi connectivity index (χ1) is 20.0. The second kappa shape index (κ2) is 11.1. The maximum Gasteiger partial charge on any atom is 0.303 e. The number of carbonyl (C=O) groups is 2. The van der Waals surface area contributed by atoms with Gasteiger partial charge in [0.15, 0.2) is 0 Å². The van der Waals surface area contributed by atoms with E-state index in [2.05, 4.69) is 59.1 Å². The highest BCUT2D eigenvalue weighted by atomic mass is 16.4. The summed E-state index contributed by atoms with van der Waals surface area (Å²) in [5.41, 5.74) is 11.3. The van der Waals surface area contributed by atoms with Gasteiger partial charge in [-0.05, 0) is 98.2 Å². The molecule has 5 heterocycles. The van der Waals surface area contributed by atoms with E-state index in [0.717, 1.165) is 88.7 Å². The molecule has 0 spiro atoms. The summed E-state index contributed by atoms with van der Waals surface area (Å²) < 4.78 is 0. The van der Waals surface area contributed by atoms with Gasteiger partial charge in [-0.2, -0.15) is 0 Å². The fraction of sp³-hybridized carbons (Fsp3) is 0.235. The van der Waals surface area contributed by atoms with Gasteiger partial charge in [-0.15, -0.1) is 0 Å². The molecule has 5 rings (SSSR count). The standard InChI is InChI=1S/C34H36N4O4/c1-7-21-17(3)25-13-26-19(5)23(9-11-33(39)40)31(37-26)16-32-24(10-12-34(41)42)20(6)28(38-32)15-30-22(8-2)18(4)27(36-30)14-29(21)35-25/h7-8,13-16,35-38H,1-2,9-12H2,3-6H3,(H,39,40)(H,41,42)/b25-13-,26-13?,27-14?,28-15-,29-14-,30-15?,31-16?,32-16?. The number of hydrogen-bond donors (Lipinski definition) is 6. The van der Waals surface area contributed by atoms with Crippen LogP contribution in [-0.4, -0.2) is 42.1 Å². The minimum absolute atomic E-state index is 0.00645. The zero-order valence-corrected chi connectivity index (χ0v) is 24.4. The van der Waals surface area contributed by atoms with Gasteiger partial charge in [0.05, 0.1) is 0 Å². The average molecular weight is 565 g/mol. The molecule has 0 radical (unpaired) electrons. The number of aromatic nitrogens is 4. The van der Waals surface area contributed by atoms with Gasteiger partial charge in [-0.1, -0.05) is 25.3 Å². The Hall–Kier alpha value is -4.98. The van der Waals surface area contributed by atoms with Gasteiger partial charge >= 0.3 is 11.9 Å². The summed E-state index contributed by atoms with van der Waals surface area (Å²) in [6, 6.07) is 0. The molecule has 216 valence electrons. The van der Waals surface area contributed by atoms with Crippen molar-refractivity contribution in [3.05, 3.63) is 102 Å². The van der Waals surface area contributed by atoms with Crippen molar-refractivity contribution in [3.8, 4) is 0 Å². The van der Waals surface area contributed by atoms with Crippen LogP contribution in [0.15, 0.2) is 13.2 Å². The molecule has 42 heavy (non-hydrogen) atoms. The van der Waals surface area contributed by atoms with Crippen molar-refractivity contribution in [2.75, 3.05) is 0 Å². The monoisotopic (exact) mass is 564 g/mol. The Labute approximate surface area is 243 Å². The molecule has 1 aliphatic rings. The lowest BCUT2D eigenvalue weighted by atomic mass is 10.0. The first kappa shape index (κ1) is 28.5. The van der Waals surface area contributed by atoms with E-state index in [1.54, 1.807) is 0 Å². The molecule has 0 atom stereocenters. The topological polar surface area (TPSA) is 138 Å². The van der Waals surface area contributed by atoms with Crippen molar-refractivity contribution >= 4 is 48.4 Å². The lowest BCUT2D eigenvalue weighted by molar-refractivity contribution is -0.138. The first-order valence-electron chi connectivity index (χ1n) is 14.0. The molecule has 0 saturated heterocycles. The van der Waals surface area contributed by atoms with E-state index in [1.165, 1.54) is 0 Å². The third-order valence-corrected chi connectivity index (χ3v) is 8.38. The minimum atomic E-state index is -0.867. The predicted molar refractivity (Wildman–Crippen MR) is 167 cm³/mol. The third-order valence-electron chi connectivity index (χ3n) is 8.38. The number of rotatable bonds is 8. The van der Waals surface area contributed by atoms with E-state index >= 15 is 0 Å². The maximum absolute atomic E-state index is 11.5. The normalized spacial score (nSPS) is 14.5. The molecular formula is C34H36N4O4. The Bertz CT molecular complexity index is 2020. The Kier molecular flexibility index (Phi) is 7.56. The molecule has 6 N–H and O–H groups in total. The number of hydrogen-bond acceptors (Lipinski definition) is 2. The van der Waals surface area contributed by atoms with Crippen LogP contribution >= 0.6 is 0 Å². The van der Waals surface area contributed by atoms with Gasteiger partial charge < -0.3 is 30.1 Å². The van der Waals surface area contributed by atoms with Crippen molar-refractivity contribution < 1.29 is 19.8 Å². The van der Waals surface area contributed by atoms with Crippen LogP contribution in [0.2, 0.25) is 0 Å². The predicted octanol–water partition coefficient (Wildman–Crippen LogP) is 3.18. The number of aliphatic carboxylic acids is 2. The van der Waals surface area contributed by atoms with E-state index in [4.69, 9.17) is 0 Å². The van der Waals surface area contributed by atoms with Gasteiger partial charge in [0.25, 0.3) is 0 Å². The zero-order valence-electron chi connectivity index (χ0n) is 24.4. The summed E-state index contributed by atoms with van der Waals surface area (Å²) in [4.78, 5) is 37.3. The second-order valence-corrected chi connectivity index (χ2v) is 10.9. The van der Waals surface area contributed by atoms with Crippen LogP contribution in [0.4, 0.5) is 0 Å². The van der Waals surface area contributed by atoms with Gasteiger partial charge in [-0.25, -0.2) is 0 Å². The van der Waals surface area contributed by atoms with E-state index in [-0.39, 0.29) is 12.8 Å². The van der Waals surface area contributed by atoms with E-state index < -0.39 is 11.9 Å². The summed E-state index contributed by atoms with van der Waals surface area (Å²) in [6.45, 7) is 16.2. The van der Waals surface area contributed by atoms with Crippen molar-refractivity contribution in [3.63, 3.8) is 0 Å². The SMILES string of the molecule is C=Cc1c2[nH]c(c1C)/C=c1\[nH]/c(c(C)c1C=C)=C\c1[nH]c(c(CCC(=O)O)c1C)C=c1[nH]/c(c(C)c1CCC(=O)O)=C\2. The highest BCUT2D eigenvalue weighted by Crippen LogP contribution is 2.23. The Morgan fingerprint density at radius 1 is 0.595 bits per heavy atom. The summed E-state index contributed by atoms with van der Waals surface area (Å²) >= 11 is 0. The van der Waals surface area contributed by atoms with Crippen LogP contribution in [0, 0.1) is 27.7 Å². The first-order valence-corrected chi connectivity index (χ1v) is 14.0. The molecule has 0 saturated carbocycles. The largest absolute Gasteiger partial charge is 0.481 e. The van der Waals surface area contributed by atoms with Crippen LogP contribution < -0.4 is 21.4 Å². The summed E-state index contributed by atoms with van der Waals surface area (Å²) in [6.07, 6.45) is 12.5. The molecule has 0 aromatic carbocycles. The number of carboxylic acids is 2. The Balaban J connectivity index is 1.92. The van der Waals surface area contributed by atoms with Crippen LogP contribution in [0.1, 0.15) is 80.1 Å². The van der Waals surface area contributed by atoms with E-state index in [0.29, 0.717) is 12.8 Å². The average Bonchev–Trinajstić information content (AvgIpc) is 3.59. The molecular weight excluding hydrogens is 528 g/mol. The van der Waals surface area contributed by atoms with Crippen LogP contribution in [-0.2, 0) is 22.4 Å². The van der Waals surface area contributed by atoms with Crippen LogP contribution in [0.25, 0.3) is 36.5 Å². The van der Waals surface area contributed by atoms with E-state index in [1.807, 2.05) is 38.2 Å². The molecule has 4 aromatic heterocycles. The van der Waals surface area contributed by atoms with Gasteiger partial charge in [0.1, 0.15) is 0 Å². The van der Waals surface area contributed by atoms with Crippen molar-refractivity contribution in [1.29, 1.82) is 0 Å². The minimum Gasteiger partial charge on any atom is -0.481 e. The Morgan fingerprint density at radius 3 is 1.74 bits per heavy atom.